The Kier molecular flexibility index (Phi) is 8.52. The standard InChI is InChI=1S/C17H33O4P/c1-12(14(3)11-22-19-6)7-8-13(2)16-15(9-10-18)20-17(4,5)21-16/h7-8,12-16,18,22H,9-11H2,1-6H3/b8-7-/t12-,13?,14+,15+,16-/m1/s1. The summed E-state index contributed by atoms with van der Waals surface area (Å²) in [5.41, 5.74) is 0. The molecular formula is C17H33O4P. The third-order valence-electron chi connectivity index (χ3n) is 4.32. The first-order valence-corrected chi connectivity index (χ1v) is 9.33. The molecule has 0 aromatic carbocycles. The second-order valence-corrected chi connectivity index (χ2v) is 7.89. The lowest BCUT2D eigenvalue weighted by atomic mass is 9.92. The predicted molar refractivity (Wildman–Crippen MR) is 92.4 cm³/mol. The van der Waals surface area contributed by atoms with Crippen LogP contribution >= 0.6 is 8.81 Å². The van der Waals surface area contributed by atoms with Gasteiger partial charge in [-0.2, -0.15) is 0 Å². The zero-order chi connectivity index (χ0) is 16.8. The van der Waals surface area contributed by atoms with Gasteiger partial charge in [0.1, 0.15) is 0 Å². The molecule has 1 aliphatic heterocycles. The molecule has 0 spiro atoms. The highest BCUT2D eigenvalue weighted by Crippen LogP contribution is 2.34. The van der Waals surface area contributed by atoms with Gasteiger partial charge in [-0.25, -0.2) is 0 Å². The van der Waals surface area contributed by atoms with Crippen LogP contribution in [0.5, 0.6) is 0 Å². The van der Waals surface area contributed by atoms with E-state index in [1.54, 1.807) is 7.11 Å². The number of rotatable bonds is 9. The van der Waals surface area contributed by atoms with Crippen LogP contribution in [0.4, 0.5) is 0 Å². The van der Waals surface area contributed by atoms with Crippen molar-refractivity contribution in [1.29, 1.82) is 0 Å². The second kappa shape index (κ2) is 9.34. The number of aliphatic hydroxyl groups excluding tert-OH is 1. The van der Waals surface area contributed by atoms with Crippen molar-refractivity contribution < 1.29 is 19.1 Å². The Bertz CT molecular complexity index is 346. The fourth-order valence-electron chi connectivity index (χ4n) is 2.71. The molecule has 1 N–H and O–H groups in total. The largest absolute Gasteiger partial charge is 0.396 e. The normalized spacial score (nSPS) is 29.4. The fourth-order valence-corrected chi connectivity index (χ4v) is 3.51. The second-order valence-electron chi connectivity index (χ2n) is 6.78. The van der Waals surface area contributed by atoms with Gasteiger partial charge >= 0.3 is 0 Å². The molecule has 1 saturated heterocycles. The third kappa shape index (κ3) is 6.25. The van der Waals surface area contributed by atoms with Gasteiger partial charge in [-0.1, -0.05) is 32.9 Å². The molecule has 130 valence electrons. The number of allylic oxidation sites excluding steroid dienone is 1. The summed E-state index contributed by atoms with van der Waals surface area (Å²) >= 11 is 0. The van der Waals surface area contributed by atoms with Crippen molar-refractivity contribution in [1.82, 2.24) is 0 Å². The van der Waals surface area contributed by atoms with Crippen molar-refractivity contribution in [3.8, 4) is 0 Å². The van der Waals surface area contributed by atoms with E-state index in [0.29, 0.717) is 27.1 Å². The summed E-state index contributed by atoms with van der Waals surface area (Å²) in [5, 5.41) is 9.21. The molecule has 1 aliphatic rings. The molecule has 0 aliphatic carbocycles. The van der Waals surface area contributed by atoms with E-state index in [4.69, 9.17) is 14.0 Å². The Hall–Kier alpha value is 0.0100. The monoisotopic (exact) mass is 332 g/mol. The minimum absolute atomic E-state index is 0.00163. The molecule has 0 amide bonds. The van der Waals surface area contributed by atoms with Crippen molar-refractivity contribution in [2.45, 2.75) is 59.0 Å². The van der Waals surface area contributed by atoms with E-state index in [1.165, 1.54) is 0 Å². The first-order chi connectivity index (χ1) is 10.3. The summed E-state index contributed by atoms with van der Waals surface area (Å²) < 4.78 is 17.1. The van der Waals surface area contributed by atoms with Gasteiger partial charge in [0.25, 0.3) is 0 Å². The Morgan fingerprint density at radius 2 is 1.91 bits per heavy atom. The third-order valence-corrected chi connectivity index (χ3v) is 5.42. The van der Waals surface area contributed by atoms with Crippen molar-refractivity contribution >= 4 is 8.81 Å². The Morgan fingerprint density at radius 3 is 2.50 bits per heavy atom. The lowest BCUT2D eigenvalue weighted by Crippen LogP contribution is -2.29. The molecule has 4 nitrogen and oxygen atoms in total. The quantitative estimate of drug-likeness (QED) is 0.518. The van der Waals surface area contributed by atoms with Crippen molar-refractivity contribution in [3.63, 3.8) is 0 Å². The molecule has 0 saturated carbocycles. The highest BCUT2D eigenvalue weighted by Gasteiger charge is 2.42. The van der Waals surface area contributed by atoms with Crippen LogP contribution in [0.15, 0.2) is 12.2 Å². The average Bonchev–Trinajstić information content (AvgIpc) is 2.77. The van der Waals surface area contributed by atoms with Crippen LogP contribution in [0.25, 0.3) is 0 Å². The summed E-state index contributed by atoms with van der Waals surface area (Å²) in [4.78, 5) is 0. The van der Waals surface area contributed by atoms with E-state index in [9.17, 15) is 5.11 Å². The Morgan fingerprint density at radius 1 is 1.23 bits per heavy atom. The minimum atomic E-state index is -0.564. The molecule has 0 aromatic heterocycles. The van der Waals surface area contributed by atoms with E-state index in [0.717, 1.165) is 6.16 Å². The van der Waals surface area contributed by atoms with Gasteiger partial charge in [-0.15, -0.1) is 0 Å². The van der Waals surface area contributed by atoms with Crippen LogP contribution in [0, 0.1) is 17.8 Å². The smallest absolute Gasteiger partial charge is 0.163 e. The van der Waals surface area contributed by atoms with E-state index in [2.05, 4.69) is 32.9 Å². The maximum absolute atomic E-state index is 9.21. The molecular weight excluding hydrogens is 299 g/mol. The van der Waals surface area contributed by atoms with Gasteiger partial charge in [0.15, 0.2) is 5.79 Å². The summed E-state index contributed by atoms with van der Waals surface area (Å²) in [6.45, 7) is 10.7. The zero-order valence-corrected chi connectivity index (χ0v) is 15.8. The molecule has 1 fully saturated rings. The first-order valence-electron chi connectivity index (χ1n) is 8.21. The van der Waals surface area contributed by atoms with Crippen LogP contribution in [-0.2, 0) is 14.0 Å². The average molecular weight is 332 g/mol. The Labute approximate surface area is 137 Å². The summed E-state index contributed by atoms with van der Waals surface area (Å²) in [7, 11) is 2.33. The molecule has 1 heterocycles. The number of ether oxygens (including phenoxy) is 2. The van der Waals surface area contributed by atoms with Crippen LogP contribution in [-0.4, -0.2) is 43.0 Å². The van der Waals surface area contributed by atoms with Crippen molar-refractivity contribution in [2.75, 3.05) is 19.9 Å². The van der Waals surface area contributed by atoms with Crippen LogP contribution in [0.3, 0.4) is 0 Å². The summed E-state index contributed by atoms with van der Waals surface area (Å²) in [6.07, 6.45) is 6.19. The topological polar surface area (TPSA) is 47.9 Å². The van der Waals surface area contributed by atoms with Crippen LogP contribution in [0.1, 0.15) is 41.0 Å². The molecule has 0 radical (unpaired) electrons. The van der Waals surface area contributed by atoms with E-state index in [1.807, 2.05) is 13.8 Å². The minimum Gasteiger partial charge on any atom is -0.396 e. The highest BCUT2D eigenvalue weighted by molar-refractivity contribution is 7.32. The molecule has 0 bridgehead atoms. The Balaban J connectivity index is 2.58. The highest BCUT2D eigenvalue weighted by atomic mass is 31.1. The van der Waals surface area contributed by atoms with Gasteiger partial charge in [0, 0.05) is 28.4 Å². The molecule has 22 heavy (non-hydrogen) atoms. The van der Waals surface area contributed by atoms with Gasteiger partial charge in [0.2, 0.25) is 0 Å². The van der Waals surface area contributed by atoms with Gasteiger partial charge in [-0.3, -0.25) is 0 Å². The van der Waals surface area contributed by atoms with Crippen LogP contribution in [0.2, 0.25) is 0 Å². The number of hydrogen-bond acceptors (Lipinski definition) is 4. The zero-order valence-electron chi connectivity index (χ0n) is 14.8. The SMILES string of the molecule is COPC[C@H](C)[C@H](C)/C=C\C(C)[C@H]1OC(C)(C)O[C@H]1CCO. The maximum Gasteiger partial charge on any atom is 0.163 e. The van der Waals surface area contributed by atoms with E-state index >= 15 is 0 Å². The first kappa shape index (κ1) is 20.1. The number of hydrogen-bond donors (Lipinski definition) is 1. The summed E-state index contributed by atoms with van der Waals surface area (Å²) in [5.74, 6) is 0.812. The van der Waals surface area contributed by atoms with E-state index < -0.39 is 5.79 Å². The van der Waals surface area contributed by atoms with E-state index in [-0.39, 0.29) is 24.7 Å². The molecule has 2 unspecified atom stereocenters. The maximum atomic E-state index is 9.21. The van der Waals surface area contributed by atoms with Crippen molar-refractivity contribution in [2.24, 2.45) is 17.8 Å². The fraction of sp³-hybridized carbons (Fsp3) is 0.882. The predicted octanol–water partition coefficient (Wildman–Crippen LogP) is 3.59. The molecule has 6 atom stereocenters. The summed E-state index contributed by atoms with van der Waals surface area (Å²) in [6, 6.07) is 0. The van der Waals surface area contributed by atoms with Gasteiger partial charge in [-0.05, 0) is 38.3 Å². The molecule has 0 aromatic rings. The van der Waals surface area contributed by atoms with Crippen LogP contribution < -0.4 is 0 Å². The number of aliphatic hydroxyl groups is 1. The lowest BCUT2D eigenvalue weighted by Gasteiger charge is -2.22. The van der Waals surface area contributed by atoms with Gasteiger partial charge in [0.05, 0.1) is 12.2 Å². The molecule has 5 heteroatoms. The van der Waals surface area contributed by atoms with Crippen molar-refractivity contribution in [3.05, 3.63) is 12.2 Å². The molecule has 1 rings (SSSR count). The lowest BCUT2D eigenvalue weighted by molar-refractivity contribution is -0.149. The van der Waals surface area contributed by atoms with Gasteiger partial charge < -0.3 is 19.1 Å².